The van der Waals surface area contributed by atoms with Crippen LogP contribution in [-0.4, -0.2) is 14.8 Å². The molecule has 3 aromatic rings. The molecule has 1 aliphatic rings. The standard InChI is InChI=1S/C18H19N3O/c1-11-15-14(21(20-11)13-8-6-5-7-9-13)10-18(3,4)17-16(15)22-12(2)19-17/h5-9H,10H2,1-4H3. The molecular weight excluding hydrogens is 274 g/mol. The van der Waals surface area contributed by atoms with E-state index >= 15 is 0 Å². The van der Waals surface area contributed by atoms with Crippen LogP contribution in [0.15, 0.2) is 34.7 Å². The van der Waals surface area contributed by atoms with Crippen LogP contribution in [0.5, 0.6) is 0 Å². The Morgan fingerprint density at radius 1 is 1.14 bits per heavy atom. The zero-order valence-corrected chi connectivity index (χ0v) is 13.3. The van der Waals surface area contributed by atoms with Crippen LogP contribution in [0, 0.1) is 13.8 Å². The summed E-state index contributed by atoms with van der Waals surface area (Å²) in [7, 11) is 0. The van der Waals surface area contributed by atoms with E-state index in [0.29, 0.717) is 0 Å². The highest BCUT2D eigenvalue weighted by Gasteiger charge is 2.39. The van der Waals surface area contributed by atoms with Crippen molar-refractivity contribution in [3.8, 4) is 17.0 Å². The van der Waals surface area contributed by atoms with E-state index in [9.17, 15) is 0 Å². The highest BCUT2D eigenvalue weighted by Crippen LogP contribution is 2.44. The summed E-state index contributed by atoms with van der Waals surface area (Å²) in [5.41, 5.74) is 5.39. The first-order valence-corrected chi connectivity index (χ1v) is 7.59. The minimum absolute atomic E-state index is 0.0565. The van der Waals surface area contributed by atoms with E-state index in [4.69, 9.17) is 9.52 Å². The lowest BCUT2D eigenvalue weighted by atomic mass is 9.77. The monoisotopic (exact) mass is 293 g/mol. The molecule has 0 saturated heterocycles. The van der Waals surface area contributed by atoms with E-state index in [2.05, 4.69) is 31.0 Å². The molecule has 0 amide bonds. The average Bonchev–Trinajstić information content (AvgIpc) is 3.00. The van der Waals surface area contributed by atoms with Gasteiger partial charge in [-0.25, -0.2) is 9.67 Å². The third-order valence-corrected chi connectivity index (χ3v) is 4.37. The van der Waals surface area contributed by atoms with Gasteiger partial charge in [-0.3, -0.25) is 0 Å². The molecule has 22 heavy (non-hydrogen) atoms. The Labute approximate surface area is 129 Å². The predicted molar refractivity (Wildman–Crippen MR) is 85.3 cm³/mol. The fraction of sp³-hybridized carbons (Fsp3) is 0.333. The first-order chi connectivity index (χ1) is 10.5. The minimum Gasteiger partial charge on any atom is -0.441 e. The van der Waals surface area contributed by atoms with E-state index < -0.39 is 0 Å². The van der Waals surface area contributed by atoms with Gasteiger partial charge in [0.15, 0.2) is 11.7 Å². The van der Waals surface area contributed by atoms with Crippen LogP contribution in [-0.2, 0) is 11.8 Å². The number of benzene rings is 1. The van der Waals surface area contributed by atoms with Crippen molar-refractivity contribution >= 4 is 0 Å². The topological polar surface area (TPSA) is 43.9 Å². The second-order valence-electron chi connectivity index (χ2n) is 6.63. The predicted octanol–water partition coefficient (Wildman–Crippen LogP) is 3.98. The SMILES string of the molecule is Cc1nc2c(o1)-c1c(C)nn(-c3ccccc3)c1CC2(C)C. The smallest absolute Gasteiger partial charge is 0.192 e. The quantitative estimate of drug-likeness (QED) is 0.681. The van der Waals surface area contributed by atoms with Gasteiger partial charge in [-0.1, -0.05) is 32.0 Å². The summed E-state index contributed by atoms with van der Waals surface area (Å²) in [6.45, 7) is 8.38. The third-order valence-electron chi connectivity index (χ3n) is 4.37. The molecule has 0 atom stereocenters. The molecule has 0 N–H and O–H groups in total. The Bertz CT molecular complexity index is 856. The third kappa shape index (κ3) is 1.76. The normalized spacial score (nSPS) is 15.5. The van der Waals surface area contributed by atoms with Crippen LogP contribution < -0.4 is 0 Å². The van der Waals surface area contributed by atoms with Gasteiger partial charge in [0, 0.05) is 18.8 Å². The van der Waals surface area contributed by atoms with Gasteiger partial charge in [0.2, 0.25) is 0 Å². The van der Waals surface area contributed by atoms with Crippen molar-refractivity contribution in [2.75, 3.05) is 0 Å². The molecular formula is C18H19N3O. The highest BCUT2D eigenvalue weighted by molar-refractivity contribution is 5.71. The minimum atomic E-state index is -0.0565. The fourth-order valence-electron chi connectivity index (χ4n) is 3.37. The molecule has 0 saturated carbocycles. The lowest BCUT2D eigenvalue weighted by Crippen LogP contribution is -2.27. The van der Waals surface area contributed by atoms with E-state index in [1.54, 1.807) is 0 Å². The van der Waals surface area contributed by atoms with Crippen molar-refractivity contribution < 1.29 is 4.42 Å². The van der Waals surface area contributed by atoms with Crippen molar-refractivity contribution in [1.82, 2.24) is 14.8 Å². The van der Waals surface area contributed by atoms with E-state index in [1.165, 1.54) is 5.69 Å². The zero-order valence-electron chi connectivity index (χ0n) is 13.3. The van der Waals surface area contributed by atoms with E-state index in [1.807, 2.05) is 36.7 Å². The number of aryl methyl sites for hydroxylation is 2. The Kier molecular flexibility index (Phi) is 2.61. The van der Waals surface area contributed by atoms with Gasteiger partial charge in [-0.15, -0.1) is 0 Å². The van der Waals surface area contributed by atoms with E-state index in [0.717, 1.165) is 40.7 Å². The number of oxazole rings is 1. The molecule has 2 aromatic heterocycles. The summed E-state index contributed by atoms with van der Waals surface area (Å²) in [4.78, 5) is 4.62. The van der Waals surface area contributed by atoms with Gasteiger partial charge in [-0.05, 0) is 19.1 Å². The summed E-state index contributed by atoms with van der Waals surface area (Å²) >= 11 is 0. The second kappa shape index (κ2) is 4.32. The van der Waals surface area contributed by atoms with Crippen LogP contribution in [0.2, 0.25) is 0 Å². The molecule has 0 unspecified atom stereocenters. The van der Waals surface area contributed by atoms with Crippen molar-refractivity contribution in [3.63, 3.8) is 0 Å². The molecule has 0 fully saturated rings. The number of hydrogen-bond acceptors (Lipinski definition) is 3. The summed E-state index contributed by atoms with van der Waals surface area (Å²) < 4.78 is 7.98. The second-order valence-corrected chi connectivity index (χ2v) is 6.63. The Morgan fingerprint density at radius 3 is 2.59 bits per heavy atom. The molecule has 4 nitrogen and oxygen atoms in total. The van der Waals surface area contributed by atoms with E-state index in [-0.39, 0.29) is 5.41 Å². The number of para-hydroxylation sites is 1. The van der Waals surface area contributed by atoms with Crippen LogP contribution in [0.4, 0.5) is 0 Å². The molecule has 4 heteroatoms. The number of nitrogens with zero attached hydrogens (tertiary/aromatic N) is 3. The van der Waals surface area contributed by atoms with Gasteiger partial charge in [0.05, 0.1) is 28.3 Å². The molecule has 1 aliphatic carbocycles. The summed E-state index contributed by atoms with van der Waals surface area (Å²) in [6.07, 6.45) is 0.900. The molecule has 1 aromatic carbocycles. The fourth-order valence-corrected chi connectivity index (χ4v) is 3.37. The maximum absolute atomic E-state index is 5.93. The summed E-state index contributed by atoms with van der Waals surface area (Å²) in [5, 5.41) is 4.77. The molecule has 0 spiro atoms. The van der Waals surface area contributed by atoms with Gasteiger partial charge in [-0.2, -0.15) is 5.10 Å². The summed E-state index contributed by atoms with van der Waals surface area (Å²) in [5.74, 6) is 1.61. The van der Waals surface area contributed by atoms with Gasteiger partial charge < -0.3 is 4.42 Å². The molecule has 0 radical (unpaired) electrons. The van der Waals surface area contributed by atoms with Crippen molar-refractivity contribution in [3.05, 3.63) is 53.3 Å². The molecule has 0 aliphatic heterocycles. The number of aromatic nitrogens is 3. The molecule has 112 valence electrons. The Morgan fingerprint density at radius 2 is 1.86 bits per heavy atom. The Hall–Kier alpha value is -2.36. The summed E-state index contributed by atoms with van der Waals surface area (Å²) in [6, 6.07) is 10.3. The highest BCUT2D eigenvalue weighted by atomic mass is 16.4. The van der Waals surface area contributed by atoms with Crippen molar-refractivity contribution in [1.29, 1.82) is 0 Å². The van der Waals surface area contributed by atoms with Crippen LogP contribution >= 0.6 is 0 Å². The van der Waals surface area contributed by atoms with Gasteiger partial charge in [0.25, 0.3) is 0 Å². The van der Waals surface area contributed by atoms with Crippen LogP contribution in [0.25, 0.3) is 17.0 Å². The molecule has 0 bridgehead atoms. The molecule has 4 rings (SSSR count). The maximum atomic E-state index is 5.93. The number of hydrogen-bond donors (Lipinski definition) is 0. The van der Waals surface area contributed by atoms with Gasteiger partial charge >= 0.3 is 0 Å². The molecule has 2 heterocycles. The zero-order chi connectivity index (χ0) is 15.5. The number of rotatable bonds is 1. The average molecular weight is 293 g/mol. The van der Waals surface area contributed by atoms with Crippen molar-refractivity contribution in [2.45, 2.75) is 39.5 Å². The van der Waals surface area contributed by atoms with Crippen LogP contribution in [0.1, 0.15) is 36.8 Å². The van der Waals surface area contributed by atoms with Crippen LogP contribution in [0.3, 0.4) is 0 Å². The maximum Gasteiger partial charge on any atom is 0.192 e. The van der Waals surface area contributed by atoms with Gasteiger partial charge in [0.1, 0.15) is 0 Å². The Balaban J connectivity index is 2.01. The number of fused-ring (bicyclic) bond motifs is 3. The lowest BCUT2D eigenvalue weighted by Gasteiger charge is -2.28. The van der Waals surface area contributed by atoms with Crippen molar-refractivity contribution in [2.24, 2.45) is 0 Å². The first kappa shape index (κ1) is 13.3. The largest absolute Gasteiger partial charge is 0.441 e. The lowest BCUT2D eigenvalue weighted by molar-refractivity contribution is 0.477. The first-order valence-electron chi connectivity index (χ1n) is 7.59.